The first kappa shape index (κ1) is 10.5. The number of methoxy groups -OCH3 is 1. The van der Waals surface area contributed by atoms with Gasteiger partial charge >= 0.3 is 0 Å². The summed E-state index contributed by atoms with van der Waals surface area (Å²) in [6, 6.07) is 3.33. The van der Waals surface area contributed by atoms with Gasteiger partial charge in [-0.1, -0.05) is 0 Å². The second-order valence-electron chi connectivity index (χ2n) is 3.72. The number of phenols is 1. The minimum atomic E-state index is -0.179. The lowest BCUT2D eigenvalue weighted by atomic mass is 10.1. The van der Waals surface area contributed by atoms with Crippen LogP contribution in [0.5, 0.6) is 11.5 Å². The normalized spacial score (nSPS) is 10.7. The number of fused-ring (bicyclic) bond motifs is 1. The second-order valence-corrected chi connectivity index (χ2v) is 3.72. The second kappa shape index (κ2) is 3.56. The molecule has 4 heteroatoms. The molecule has 0 fully saturated rings. The van der Waals surface area contributed by atoms with E-state index in [-0.39, 0.29) is 17.1 Å². The Bertz CT molecular complexity index is 569. The minimum Gasteiger partial charge on any atom is -0.506 e. The number of carbonyl (C=O) groups excluding carboxylic acids is 1. The Kier molecular flexibility index (Phi) is 2.34. The van der Waals surface area contributed by atoms with Crippen molar-refractivity contribution >= 4 is 16.7 Å². The van der Waals surface area contributed by atoms with Gasteiger partial charge in [0.25, 0.3) is 0 Å². The maximum Gasteiger partial charge on any atom is 0.163 e. The first-order valence-corrected chi connectivity index (χ1v) is 4.92. The smallest absolute Gasteiger partial charge is 0.163 e. The third kappa shape index (κ3) is 1.34. The first-order chi connectivity index (χ1) is 7.56. The number of aromatic nitrogens is 1. The number of aromatic hydroxyl groups is 1. The number of ether oxygens (including phenoxy) is 1. The van der Waals surface area contributed by atoms with E-state index in [1.54, 1.807) is 19.2 Å². The average molecular weight is 219 g/mol. The Labute approximate surface area is 93.1 Å². The summed E-state index contributed by atoms with van der Waals surface area (Å²) < 4.78 is 7.07. The summed E-state index contributed by atoms with van der Waals surface area (Å²) in [6.07, 6.45) is 1.82. The van der Waals surface area contributed by atoms with Crippen LogP contribution in [-0.2, 0) is 7.05 Å². The molecule has 84 valence electrons. The molecule has 0 aliphatic heterocycles. The number of hydrogen-bond acceptors (Lipinski definition) is 3. The van der Waals surface area contributed by atoms with Crippen molar-refractivity contribution in [3.63, 3.8) is 0 Å². The van der Waals surface area contributed by atoms with E-state index in [2.05, 4.69) is 0 Å². The van der Waals surface area contributed by atoms with Crippen molar-refractivity contribution in [2.45, 2.75) is 6.92 Å². The summed E-state index contributed by atoms with van der Waals surface area (Å²) in [5, 5.41) is 10.6. The molecule has 2 rings (SSSR count). The van der Waals surface area contributed by atoms with Crippen LogP contribution in [0, 0.1) is 0 Å². The van der Waals surface area contributed by atoms with E-state index in [9.17, 15) is 9.90 Å². The standard InChI is InChI=1S/C12H13NO3/c1-7(14)9-6-10(16-3)11-8(12(9)15)4-5-13(11)2/h4-6,15H,1-3H3. The molecule has 0 saturated carbocycles. The molecule has 1 aromatic heterocycles. The maximum atomic E-state index is 11.4. The number of ketones is 1. The van der Waals surface area contributed by atoms with Gasteiger partial charge in [-0.15, -0.1) is 0 Å². The molecule has 0 saturated heterocycles. The van der Waals surface area contributed by atoms with Crippen molar-refractivity contribution in [2.24, 2.45) is 7.05 Å². The van der Waals surface area contributed by atoms with Gasteiger partial charge in [0, 0.05) is 18.6 Å². The van der Waals surface area contributed by atoms with Crippen molar-refractivity contribution < 1.29 is 14.6 Å². The highest BCUT2D eigenvalue weighted by Gasteiger charge is 2.16. The molecule has 2 aromatic rings. The van der Waals surface area contributed by atoms with Crippen molar-refractivity contribution in [2.75, 3.05) is 7.11 Å². The zero-order valence-electron chi connectivity index (χ0n) is 9.44. The number of carbonyl (C=O) groups is 1. The summed E-state index contributed by atoms with van der Waals surface area (Å²) in [7, 11) is 3.40. The van der Waals surface area contributed by atoms with Crippen molar-refractivity contribution in [1.29, 1.82) is 0 Å². The highest BCUT2D eigenvalue weighted by molar-refractivity contribution is 6.05. The molecule has 0 spiro atoms. The van der Waals surface area contributed by atoms with Gasteiger partial charge in [0.15, 0.2) is 5.78 Å². The van der Waals surface area contributed by atoms with Gasteiger partial charge in [0.2, 0.25) is 0 Å². The van der Waals surface area contributed by atoms with Gasteiger partial charge in [-0.25, -0.2) is 0 Å². The van der Waals surface area contributed by atoms with E-state index in [4.69, 9.17) is 4.74 Å². The molecule has 0 aliphatic rings. The Hall–Kier alpha value is -1.97. The summed E-state index contributed by atoms with van der Waals surface area (Å²) in [6.45, 7) is 1.42. The fourth-order valence-electron chi connectivity index (χ4n) is 1.86. The quantitative estimate of drug-likeness (QED) is 0.787. The predicted molar refractivity (Wildman–Crippen MR) is 61.1 cm³/mol. The molecule has 16 heavy (non-hydrogen) atoms. The molecule has 0 bridgehead atoms. The van der Waals surface area contributed by atoms with E-state index in [0.29, 0.717) is 11.1 Å². The van der Waals surface area contributed by atoms with Crippen LogP contribution in [-0.4, -0.2) is 22.6 Å². The molecular formula is C12H13NO3. The zero-order valence-corrected chi connectivity index (χ0v) is 9.44. The molecule has 0 atom stereocenters. The van der Waals surface area contributed by atoms with E-state index in [0.717, 1.165) is 5.52 Å². The minimum absolute atomic E-state index is 0.0175. The van der Waals surface area contributed by atoms with Crippen LogP contribution in [0.4, 0.5) is 0 Å². The van der Waals surface area contributed by atoms with Crippen LogP contribution in [0.15, 0.2) is 18.3 Å². The Morgan fingerprint density at radius 2 is 2.19 bits per heavy atom. The molecule has 4 nitrogen and oxygen atoms in total. The van der Waals surface area contributed by atoms with Gasteiger partial charge in [0.05, 0.1) is 18.2 Å². The number of benzene rings is 1. The summed E-state index contributed by atoms with van der Waals surface area (Å²) in [5.41, 5.74) is 1.07. The molecule has 0 amide bonds. The van der Waals surface area contributed by atoms with E-state index >= 15 is 0 Å². The molecule has 0 aliphatic carbocycles. The average Bonchev–Trinajstić information content (AvgIpc) is 2.62. The maximum absolute atomic E-state index is 11.4. The van der Waals surface area contributed by atoms with Crippen LogP contribution < -0.4 is 4.74 Å². The molecular weight excluding hydrogens is 206 g/mol. The fourth-order valence-corrected chi connectivity index (χ4v) is 1.86. The van der Waals surface area contributed by atoms with Crippen LogP contribution in [0.25, 0.3) is 10.9 Å². The van der Waals surface area contributed by atoms with Crippen molar-refractivity contribution in [3.8, 4) is 11.5 Å². The number of hydrogen-bond donors (Lipinski definition) is 1. The van der Waals surface area contributed by atoms with Crippen LogP contribution >= 0.6 is 0 Å². The molecule has 0 unspecified atom stereocenters. The summed E-state index contributed by atoms with van der Waals surface area (Å²) in [4.78, 5) is 11.4. The molecule has 0 radical (unpaired) electrons. The van der Waals surface area contributed by atoms with Crippen LogP contribution in [0.1, 0.15) is 17.3 Å². The van der Waals surface area contributed by atoms with Gasteiger partial charge in [-0.2, -0.15) is 0 Å². The first-order valence-electron chi connectivity index (χ1n) is 4.92. The van der Waals surface area contributed by atoms with Crippen LogP contribution in [0.3, 0.4) is 0 Å². The van der Waals surface area contributed by atoms with Gasteiger partial charge in [0.1, 0.15) is 11.5 Å². The number of nitrogens with zero attached hydrogens (tertiary/aromatic N) is 1. The third-order valence-corrected chi connectivity index (χ3v) is 2.69. The fraction of sp³-hybridized carbons (Fsp3) is 0.250. The lowest BCUT2D eigenvalue weighted by Gasteiger charge is -2.09. The SMILES string of the molecule is COc1cc(C(C)=O)c(O)c2ccn(C)c12. The van der Waals surface area contributed by atoms with E-state index < -0.39 is 0 Å². The molecule has 1 N–H and O–H groups in total. The summed E-state index contributed by atoms with van der Waals surface area (Å²) >= 11 is 0. The van der Waals surface area contributed by atoms with Crippen LogP contribution in [0.2, 0.25) is 0 Å². The topological polar surface area (TPSA) is 51.5 Å². The van der Waals surface area contributed by atoms with Gasteiger partial charge < -0.3 is 14.4 Å². The highest BCUT2D eigenvalue weighted by atomic mass is 16.5. The number of aryl methyl sites for hydroxylation is 1. The number of Topliss-reactive ketones (excluding diaryl/α,β-unsaturated/α-hetero) is 1. The lowest BCUT2D eigenvalue weighted by molar-refractivity contribution is 0.101. The monoisotopic (exact) mass is 219 g/mol. The summed E-state index contributed by atoms with van der Waals surface area (Å²) in [5.74, 6) is 0.427. The Balaban J connectivity index is 2.90. The third-order valence-electron chi connectivity index (χ3n) is 2.69. The highest BCUT2D eigenvalue weighted by Crippen LogP contribution is 2.36. The zero-order chi connectivity index (χ0) is 11.9. The Morgan fingerprint density at radius 1 is 1.50 bits per heavy atom. The molecule has 1 heterocycles. The van der Waals surface area contributed by atoms with Crippen molar-refractivity contribution in [3.05, 3.63) is 23.9 Å². The van der Waals surface area contributed by atoms with E-state index in [1.165, 1.54) is 6.92 Å². The molecule has 1 aromatic carbocycles. The predicted octanol–water partition coefficient (Wildman–Crippen LogP) is 2.10. The van der Waals surface area contributed by atoms with E-state index in [1.807, 2.05) is 17.8 Å². The van der Waals surface area contributed by atoms with Gasteiger partial charge in [-0.3, -0.25) is 4.79 Å². The largest absolute Gasteiger partial charge is 0.506 e. The van der Waals surface area contributed by atoms with Gasteiger partial charge in [-0.05, 0) is 19.1 Å². The number of rotatable bonds is 2. The number of phenolic OH excluding ortho intramolecular Hbond substituents is 1. The lowest BCUT2D eigenvalue weighted by Crippen LogP contribution is -1.97. The van der Waals surface area contributed by atoms with Crippen molar-refractivity contribution in [1.82, 2.24) is 4.57 Å². The Morgan fingerprint density at radius 3 is 2.75 bits per heavy atom.